The van der Waals surface area contributed by atoms with Crippen LogP contribution >= 0.6 is 0 Å². The molecule has 2 aliphatic rings. The Kier molecular flexibility index (Phi) is 5.50. The maximum atomic E-state index is 12.9. The topological polar surface area (TPSA) is 119 Å². The lowest BCUT2D eigenvalue weighted by atomic mass is 9.92. The molecule has 1 aliphatic heterocycles. The first-order valence-electron chi connectivity index (χ1n) is 9.97. The van der Waals surface area contributed by atoms with Crippen LogP contribution in [-0.2, 0) is 22.7 Å². The summed E-state index contributed by atoms with van der Waals surface area (Å²) >= 11 is 0. The van der Waals surface area contributed by atoms with E-state index in [2.05, 4.69) is 10.6 Å². The van der Waals surface area contributed by atoms with Gasteiger partial charge in [0.25, 0.3) is 5.91 Å². The number of rotatable bonds is 4. The van der Waals surface area contributed by atoms with Crippen molar-refractivity contribution in [2.24, 2.45) is 0 Å². The Morgan fingerprint density at radius 2 is 1.90 bits per heavy atom. The highest BCUT2D eigenvalue weighted by Gasteiger charge is 2.38. The predicted octanol–water partition coefficient (Wildman–Crippen LogP) is 2.53. The van der Waals surface area contributed by atoms with E-state index in [0.29, 0.717) is 36.2 Å². The molecule has 0 saturated heterocycles. The average molecular weight is 416 g/mol. The van der Waals surface area contributed by atoms with Gasteiger partial charge in [-0.05, 0) is 47.9 Å². The molecule has 2 N–H and O–H groups in total. The number of hydrogen-bond acceptors (Lipinski definition) is 5. The highest BCUT2D eigenvalue weighted by Crippen LogP contribution is 2.29. The number of nitrogens with zero attached hydrogens (tertiary/aromatic N) is 2. The zero-order valence-corrected chi connectivity index (χ0v) is 16.7. The summed E-state index contributed by atoms with van der Waals surface area (Å²) in [6.07, 6.45) is 0.593. The quantitative estimate of drug-likeness (QED) is 0.743. The summed E-state index contributed by atoms with van der Waals surface area (Å²) in [5.41, 5.74) is 3.18. The molecule has 31 heavy (non-hydrogen) atoms. The number of carbonyl (C=O) groups excluding carboxylic acids is 4. The van der Waals surface area contributed by atoms with Crippen molar-refractivity contribution in [3.63, 3.8) is 0 Å². The maximum absolute atomic E-state index is 12.9. The van der Waals surface area contributed by atoms with E-state index < -0.39 is 12.1 Å². The minimum atomic E-state index is -0.544. The second-order valence-corrected chi connectivity index (χ2v) is 7.66. The van der Waals surface area contributed by atoms with Crippen LogP contribution in [-0.4, -0.2) is 34.4 Å². The number of fused-ring (bicyclic) bond motifs is 1. The number of hydrogen-bond donors (Lipinski definition) is 2. The third-order valence-electron chi connectivity index (χ3n) is 5.55. The van der Waals surface area contributed by atoms with Gasteiger partial charge in [-0.1, -0.05) is 12.1 Å². The van der Waals surface area contributed by atoms with Crippen molar-refractivity contribution < 1.29 is 19.2 Å². The molecule has 1 heterocycles. The predicted molar refractivity (Wildman–Crippen MR) is 111 cm³/mol. The van der Waals surface area contributed by atoms with E-state index in [1.807, 2.05) is 18.2 Å². The van der Waals surface area contributed by atoms with Crippen molar-refractivity contribution in [3.05, 3.63) is 64.7 Å². The minimum Gasteiger partial charge on any atom is -0.334 e. The van der Waals surface area contributed by atoms with Gasteiger partial charge in [0.2, 0.25) is 0 Å². The zero-order valence-electron chi connectivity index (χ0n) is 16.7. The second-order valence-electron chi connectivity index (χ2n) is 7.66. The lowest BCUT2D eigenvalue weighted by Gasteiger charge is -2.29. The fourth-order valence-electron chi connectivity index (χ4n) is 3.91. The van der Waals surface area contributed by atoms with E-state index in [-0.39, 0.29) is 30.4 Å². The van der Waals surface area contributed by atoms with Crippen molar-refractivity contribution in [3.8, 4) is 6.07 Å². The molecule has 0 radical (unpaired) electrons. The van der Waals surface area contributed by atoms with Gasteiger partial charge in [-0.3, -0.25) is 14.4 Å². The minimum absolute atomic E-state index is 0.0712. The van der Waals surface area contributed by atoms with E-state index in [0.717, 1.165) is 11.1 Å². The third-order valence-corrected chi connectivity index (χ3v) is 5.55. The lowest BCUT2D eigenvalue weighted by molar-refractivity contribution is -0.133. The first-order valence-corrected chi connectivity index (χ1v) is 9.97. The summed E-state index contributed by atoms with van der Waals surface area (Å²) < 4.78 is 0. The number of nitrogens with one attached hydrogen (secondary N) is 2. The van der Waals surface area contributed by atoms with Gasteiger partial charge in [-0.25, -0.2) is 4.79 Å². The van der Waals surface area contributed by atoms with Gasteiger partial charge in [-0.2, -0.15) is 5.26 Å². The largest absolute Gasteiger partial charge is 0.334 e. The molecule has 1 fully saturated rings. The molecule has 4 rings (SSSR count). The summed E-state index contributed by atoms with van der Waals surface area (Å²) in [7, 11) is 0. The highest BCUT2D eigenvalue weighted by molar-refractivity contribution is 6.07. The molecule has 8 heteroatoms. The Bertz CT molecular complexity index is 1120. The summed E-state index contributed by atoms with van der Waals surface area (Å²) in [5.74, 6) is -0.483. The van der Waals surface area contributed by atoms with Crippen LogP contribution < -0.4 is 10.6 Å². The van der Waals surface area contributed by atoms with Gasteiger partial charge in [0.15, 0.2) is 5.78 Å². The molecule has 1 atom stereocenters. The maximum Gasteiger partial charge on any atom is 0.319 e. The monoisotopic (exact) mass is 416 g/mol. The van der Waals surface area contributed by atoms with Crippen molar-refractivity contribution in [2.45, 2.75) is 38.4 Å². The molecular weight excluding hydrogens is 396 g/mol. The number of ketones is 2. The summed E-state index contributed by atoms with van der Waals surface area (Å²) in [6, 6.07) is 13.0. The summed E-state index contributed by atoms with van der Waals surface area (Å²) in [5, 5.41) is 14.2. The van der Waals surface area contributed by atoms with E-state index in [1.165, 1.54) is 0 Å². The number of benzene rings is 2. The van der Waals surface area contributed by atoms with Crippen molar-refractivity contribution in [1.29, 1.82) is 5.26 Å². The molecule has 0 spiro atoms. The molecule has 3 amide bonds. The molecule has 1 aliphatic carbocycles. The van der Waals surface area contributed by atoms with Crippen LogP contribution in [0.1, 0.15) is 46.3 Å². The Labute approximate surface area is 178 Å². The summed E-state index contributed by atoms with van der Waals surface area (Å²) in [6.45, 7) is 0.575. The zero-order chi connectivity index (χ0) is 22.0. The number of urea groups is 1. The van der Waals surface area contributed by atoms with Crippen molar-refractivity contribution >= 4 is 29.2 Å². The van der Waals surface area contributed by atoms with Crippen LogP contribution in [0.2, 0.25) is 0 Å². The lowest BCUT2D eigenvalue weighted by Crippen LogP contribution is -2.44. The van der Waals surface area contributed by atoms with Crippen LogP contribution in [0.3, 0.4) is 0 Å². The molecule has 2 aromatic rings. The Hall–Kier alpha value is -3.99. The molecule has 0 bridgehead atoms. The summed E-state index contributed by atoms with van der Waals surface area (Å²) in [4.78, 5) is 50.3. The van der Waals surface area contributed by atoms with Crippen molar-refractivity contribution in [2.75, 3.05) is 5.32 Å². The van der Waals surface area contributed by atoms with Gasteiger partial charge >= 0.3 is 6.03 Å². The van der Waals surface area contributed by atoms with Crippen LogP contribution in [0, 0.1) is 11.3 Å². The number of anilines is 1. The van der Waals surface area contributed by atoms with E-state index in [4.69, 9.17) is 5.26 Å². The standard InChI is InChI=1S/C23H20N4O4/c24-11-14-2-5-17(6-3-14)26-23(31)25-12-15-1-4-16-13-27(22(30)19(16)9-15)20-8-7-18(28)10-21(20)29/h1-6,9,20H,7-8,10,12-13H2,(H2,25,26,31). The molecule has 8 nitrogen and oxygen atoms in total. The van der Waals surface area contributed by atoms with Gasteiger partial charge in [0, 0.05) is 30.8 Å². The Morgan fingerprint density at radius 3 is 2.61 bits per heavy atom. The first kappa shape index (κ1) is 20.3. The molecule has 156 valence electrons. The second kappa shape index (κ2) is 8.40. The number of nitriles is 1. The molecule has 0 aromatic heterocycles. The van der Waals surface area contributed by atoms with E-state index in [1.54, 1.807) is 35.2 Å². The fraction of sp³-hybridized carbons (Fsp3) is 0.261. The average Bonchev–Trinajstić information content (AvgIpc) is 3.08. The Balaban J connectivity index is 1.37. The van der Waals surface area contributed by atoms with Crippen LogP contribution in [0.15, 0.2) is 42.5 Å². The third kappa shape index (κ3) is 4.31. The SMILES string of the molecule is N#Cc1ccc(NC(=O)NCc2ccc3c(c2)C(=O)N(C2CCC(=O)CC2=O)C3)cc1. The normalized spacial score (nSPS) is 17.8. The van der Waals surface area contributed by atoms with Crippen LogP contribution in [0.25, 0.3) is 0 Å². The molecule has 1 unspecified atom stereocenters. The number of carbonyl (C=O) groups is 4. The molecule has 1 saturated carbocycles. The van der Waals surface area contributed by atoms with Gasteiger partial charge in [-0.15, -0.1) is 0 Å². The number of amides is 3. The van der Waals surface area contributed by atoms with Crippen LogP contribution in [0.5, 0.6) is 0 Å². The van der Waals surface area contributed by atoms with Gasteiger partial charge < -0.3 is 15.5 Å². The van der Waals surface area contributed by atoms with Crippen molar-refractivity contribution in [1.82, 2.24) is 10.2 Å². The van der Waals surface area contributed by atoms with Crippen LogP contribution in [0.4, 0.5) is 10.5 Å². The van der Waals surface area contributed by atoms with E-state index >= 15 is 0 Å². The molecular formula is C23H20N4O4. The fourth-order valence-corrected chi connectivity index (χ4v) is 3.91. The first-order chi connectivity index (χ1) is 14.9. The molecule has 2 aromatic carbocycles. The Morgan fingerprint density at radius 1 is 1.13 bits per heavy atom. The highest BCUT2D eigenvalue weighted by atomic mass is 16.2. The van der Waals surface area contributed by atoms with Gasteiger partial charge in [0.1, 0.15) is 5.78 Å². The van der Waals surface area contributed by atoms with Gasteiger partial charge in [0.05, 0.1) is 24.1 Å². The smallest absolute Gasteiger partial charge is 0.319 e. The van der Waals surface area contributed by atoms with E-state index in [9.17, 15) is 19.2 Å². The number of Topliss-reactive ketones (excluding diaryl/α,β-unsaturated/α-hetero) is 2.